The molecule has 0 aromatic carbocycles. The Balaban J connectivity index is 2.62. The van der Waals surface area contributed by atoms with E-state index in [1.54, 1.807) is 6.92 Å². The van der Waals surface area contributed by atoms with Crippen LogP contribution in [0.2, 0.25) is 0 Å². The summed E-state index contributed by atoms with van der Waals surface area (Å²) >= 11 is 0. The number of ether oxygens (including phenoxy) is 4. The third-order valence-corrected chi connectivity index (χ3v) is 3.35. The van der Waals surface area contributed by atoms with E-state index >= 15 is 0 Å². The van der Waals surface area contributed by atoms with E-state index in [1.165, 1.54) is 6.92 Å². The molecule has 0 amide bonds. The quantitative estimate of drug-likeness (QED) is 0.350. The van der Waals surface area contributed by atoms with Crippen molar-refractivity contribution in [2.24, 2.45) is 0 Å². The van der Waals surface area contributed by atoms with Crippen LogP contribution in [-0.2, 0) is 28.5 Å². The van der Waals surface area contributed by atoms with Crippen LogP contribution >= 0.6 is 0 Å². The van der Waals surface area contributed by atoms with Crippen molar-refractivity contribution in [1.82, 2.24) is 0 Å². The van der Waals surface area contributed by atoms with Gasteiger partial charge in [-0.05, 0) is 0 Å². The number of aliphatic hydroxyl groups is 4. The lowest BCUT2D eigenvalue weighted by Crippen LogP contribution is -2.59. The Morgan fingerprint density at radius 1 is 1.12 bits per heavy atom. The number of esters is 2. The van der Waals surface area contributed by atoms with Crippen LogP contribution in [0.1, 0.15) is 20.3 Å². The van der Waals surface area contributed by atoms with Crippen molar-refractivity contribution in [3.8, 4) is 0 Å². The van der Waals surface area contributed by atoms with Crippen LogP contribution in [0.15, 0.2) is 0 Å². The molecule has 0 spiro atoms. The first-order chi connectivity index (χ1) is 11.3. The summed E-state index contributed by atoms with van der Waals surface area (Å²) in [6.45, 7) is 1.65. The first-order valence-corrected chi connectivity index (χ1v) is 7.55. The SMILES string of the molecule is CCC(=O)O[C@H](COC(C)=O)CO[C@@H]1O[C@H](CO)[C@H](O)[C@H](O)[C@H]1O. The van der Waals surface area contributed by atoms with Gasteiger partial charge in [-0.2, -0.15) is 0 Å². The van der Waals surface area contributed by atoms with Gasteiger partial charge in [0, 0.05) is 13.3 Å². The molecule has 6 atom stereocenters. The molecule has 0 aliphatic carbocycles. The van der Waals surface area contributed by atoms with Crippen LogP contribution < -0.4 is 0 Å². The van der Waals surface area contributed by atoms with E-state index in [0.717, 1.165) is 0 Å². The average molecular weight is 352 g/mol. The Labute approximate surface area is 138 Å². The maximum Gasteiger partial charge on any atom is 0.305 e. The highest BCUT2D eigenvalue weighted by atomic mass is 16.7. The van der Waals surface area contributed by atoms with Gasteiger partial charge in [0.05, 0.1) is 13.2 Å². The number of rotatable bonds is 8. The van der Waals surface area contributed by atoms with Crippen molar-refractivity contribution in [3.63, 3.8) is 0 Å². The van der Waals surface area contributed by atoms with Crippen molar-refractivity contribution in [3.05, 3.63) is 0 Å². The van der Waals surface area contributed by atoms with Crippen molar-refractivity contribution >= 4 is 11.9 Å². The van der Waals surface area contributed by atoms with Gasteiger partial charge in [-0.15, -0.1) is 0 Å². The van der Waals surface area contributed by atoms with Crippen molar-refractivity contribution in [2.75, 3.05) is 19.8 Å². The lowest BCUT2D eigenvalue weighted by atomic mass is 9.99. The molecule has 0 aromatic rings. The summed E-state index contributed by atoms with van der Waals surface area (Å²) in [6.07, 6.45) is -7.95. The minimum Gasteiger partial charge on any atom is -0.462 e. The number of aliphatic hydroxyl groups excluding tert-OH is 4. The third kappa shape index (κ3) is 5.96. The lowest BCUT2D eigenvalue weighted by molar-refractivity contribution is -0.305. The average Bonchev–Trinajstić information content (AvgIpc) is 2.56. The Kier molecular flexibility index (Phi) is 8.53. The molecule has 10 heteroatoms. The zero-order chi connectivity index (χ0) is 18.3. The fraction of sp³-hybridized carbons (Fsp3) is 0.857. The molecule has 0 unspecified atom stereocenters. The Hall–Kier alpha value is -1.30. The molecule has 1 aliphatic rings. The van der Waals surface area contributed by atoms with Crippen LogP contribution in [0.5, 0.6) is 0 Å². The van der Waals surface area contributed by atoms with Gasteiger partial charge in [0.2, 0.25) is 0 Å². The second-order valence-electron chi connectivity index (χ2n) is 5.30. The van der Waals surface area contributed by atoms with Gasteiger partial charge in [0.1, 0.15) is 31.0 Å². The van der Waals surface area contributed by atoms with Crippen molar-refractivity contribution in [2.45, 2.75) is 57.1 Å². The van der Waals surface area contributed by atoms with E-state index in [1.807, 2.05) is 0 Å². The van der Waals surface area contributed by atoms with Gasteiger partial charge in [0.15, 0.2) is 12.4 Å². The molecular weight excluding hydrogens is 328 g/mol. The fourth-order valence-electron chi connectivity index (χ4n) is 2.00. The molecule has 1 rings (SSSR count). The molecule has 4 N–H and O–H groups in total. The fourth-order valence-corrected chi connectivity index (χ4v) is 2.00. The van der Waals surface area contributed by atoms with Crippen LogP contribution in [-0.4, -0.2) is 89.0 Å². The predicted octanol–water partition coefficient (Wildman–Crippen LogP) is -2.31. The molecule has 140 valence electrons. The molecule has 0 saturated carbocycles. The number of hydrogen-bond acceptors (Lipinski definition) is 10. The molecule has 10 nitrogen and oxygen atoms in total. The minimum atomic E-state index is -1.58. The van der Waals surface area contributed by atoms with E-state index in [-0.39, 0.29) is 19.6 Å². The first-order valence-electron chi connectivity index (χ1n) is 7.55. The van der Waals surface area contributed by atoms with Gasteiger partial charge in [-0.25, -0.2) is 0 Å². The van der Waals surface area contributed by atoms with Crippen LogP contribution in [0, 0.1) is 0 Å². The Morgan fingerprint density at radius 3 is 2.33 bits per heavy atom. The van der Waals surface area contributed by atoms with E-state index in [0.29, 0.717) is 0 Å². The molecule has 1 aliphatic heterocycles. The summed E-state index contributed by atoms with van der Waals surface area (Å²) in [5.74, 6) is -1.11. The third-order valence-electron chi connectivity index (χ3n) is 3.35. The topological polar surface area (TPSA) is 152 Å². The highest BCUT2D eigenvalue weighted by Gasteiger charge is 2.44. The Bertz CT molecular complexity index is 412. The standard InChI is InChI=1S/C14H24O10/c1-3-10(17)23-8(5-21-7(2)16)6-22-14-13(20)12(19)11(18)9(4-15)24-14/h8-9,11-15,18-20H,3-6H2,1-2H3/t8-,9-,11+,12+,13-,14-/m1/s1. The molecular formula is C14H24O10. The van der Waals surface area contributed by atoms with Gasteiger partial charge < -0.3 is 39.4 Å². The monoisotopic (exact) mass is 352 g/mol. The van der Waals surface area contributed by atoms with E-state index in [9.17, 15) is 24.9 Å². The molecule has 1 saturated heterocycles. The van der Waals surface area contributed by atoms with Gasteiger partial charge in [-0.3, -0.25) is 9.59 Å². The second kappa shape index (κ2) is 9.87. The van der Waals surface area contributed by atoms with Crippen molar-refractivity contribution in [1.29, 1.82) is 0 Å². The summed E-state index contributed by atoms with van der Waals surface area (Å²) in [7, 11) is 0. The predicted molar refractivity (Wildman–Crippen MR) is 76.5 cm³/mol. The zero-order valence-electron chi connectivity index (χ0n) is 13.5. The van der Waals surface area contributed by atoms with Crippen LogP contribution in [0.25, 0.3) is 0 Å². The maximum absolute atomic E-state index is 11.4. The highest BCUT2D eigenvalue weighted by molar-refractivity contribution is 5.69. The summed E-state index contributed by atoms with van der Waals surface area (Å²) in [5.41, 5.74) is 0. The van der Waals surface area contributed by atoms with Crippen LogP contribution in [0.3, 0.4) is 0 Å². The normalized spacial score (nSPS) is 31.3. The maximum atomic E-state index is 11.4. The minimum absolute atomic E-state index is 0.108. The second-order valence-corrected chi connectivity index (χ2v) is 5.30. The summed E-state index contributed by atoms with van der Waals surface area (Å²) < 4.78 is 20.2. The van der Waals surface area contributed by atoms with Gasteiger partial charge in [0.25, 0.3) is 0 Å². The van der Waals surface area contributed by atoms with Crippen LogP contribution in [0.4, 0.5) is 0 Å². The Morgan fingerprint density at radius 2 is 1.79 bits per heavy atom. The zero-order valence-corrected chi connectivity index (χ0v) is 13.5. The molecule has 0 radical (unpaired) electrons. The molecule has 1 heterocycles. The molecule has 0 aromatic heterocycles. The summed E-state index contributed by atoms with van der Waals surface area (Å²) in [6, 6.07) is 0. The first kappa shape index (κ1) is 20.7. The van der Waals surface area contributed by atoms with E-state index < -0.39 is 55.4 Å². The lowest BCUT2D eigenvalue weighted by Gasteiger charge is -2.39. The highest BCUT2D eigenvalue weighted by Crippen LogP contribution is 2.22. The molecule has 1 fully saturated rings. The largest absolute Gasteiger partial charge is 0.462 e. The van der Waals surface area contributed by atoms with E-state index in [4.69, 9.17) is 24.1 Å². The molecule has 0 bridgehead atoms. The van der Waals surface area contributed by atoms with Gasteiger partial charge in [-0.1, -0.05) is 6.92 Å². The number of hydrogen-bond donors (Lipinski definition) is 4. The van der Waals surface area contributed by atoms with Crippen molar-refractivity contribution < 1.29 is 49.0 Å². The molecule has 24 heavy (non-hydrogen) atoms. The van der Waals surface area contributed by atoms with Gasteiger partial charge >= 0.3 is 11.9 Å². The summed E-state index contributed by atoms with van der Waals surface area (Å²) in [5, 5.41) is 38.3. The smallest absolute Gasteiger partial charge is 0.305 e. The number of carbonyl (C=O) groups excluding carboxylic acids is 2. The summed E-state index contributed by atoms with van der Waals surface area (Å²) in [4.78, 5) is 22.2. The van der Waals surface area contributed by atoms with E-state index in [2.05, 4.69) is 0 Å². The number of carbonyl (C=O) groups is 2.